The lowest BCUT2D eigenvalue weighted by molar-refractivity contribution is -0.0421. The largest absolute Gasteiger partial charge is 0.364 e. The van der Waals surface area contributed by atoms with Crippen LogP contribution < -0.4 is 5.32 Å². The highest BCUT2D eigenvalue weighted by molar-refractivity contribution is 9.10. The molecule has 2 aromatic heterocycles. The normalized spacial score (nSPS) is 14.5. The summed E-state index contributed by atoms with van der Waals surface area (Å²) in [5.41, 5.74) is 3.43. The van der Waals surface area contributed by atoms with Crippen molar-refractivity contribution in [1.29, 1.82) is 0 Å². The minimum atomic E-state index is -1.55. The Balaban J connectivity index is 1.72. The lowest BCUT2D eigenvalue weighted by atomic mass is 10.1. The molecule has 0 bridgehead atoms. The molecule has 5 nitrogen and oxygen atoms in total. The number of pyridine rings is 1. The number of nitrogens with one attached hydrogen (secondary N) is 1. The molecule has 1 aliphatic carbocycles. The van der Waals surface area contributed by atoms with Crippen molar-refractivity contribution in [3.05, 3.63) is 52.3 Å². The van der Waals surface area contributed by atoms with Crippen molar-refractivity contribution in [2.75, 3.05) is 5.32 Å². The highest BCUT2D eigenvalue weighted by atomic mass is 79.9. The van der Waals surface area contributed by atoms with Crippen LogP contribution >= 0.6 is 15.9 Å². The van der Waals surface area contributed by atoms with Crippen molar-refractivity contribution in [3.8, 4) is 0 Å². The first-order valence-electron chi connectivity index (χ1n) is 7.90. The molecule has 3 N–H and O–H groups in total. The lowest BCUT2D eigenvalue weighted by Gasteiger charge is -2.14. The number of hydrogen-bond acceptors (Lipinski definition) is 4. The summed E-state index contributed by atoms with van der Waals surface area (Å²) in [5.74, 6) is 0.982. The molecule has 0 spiro atoms. The molecule has 1 aliphatic rings. The van der Waals surface area contributed by atoms with Crippen LogP contribution in [0.15, 0.2) is 41.1 Å². The van der Waals surface area contributed by atoms with Crippen LogP contribution in [-0.2, 0) is 7.05 Å². The zero-order chi connectivity index (χ0) is 16.8. The molecule has 0 unspecified atom stereocenters. The van der Waals surface area contributed by atoms with E-state index in [-0.39, 0.29) is 0 Å². The van der Waals surface area contributed by atoms with E-state index < -0.39 is 6.29 Å². The predicted octanol–water partition coefficient (Wildman–Crippen LogP) is 3.94. The Labute approximate surface area is 148 Å². The standard InChI is InChI=1S/C18H18BrN3O2/c1-22-5-4-11-6-13(8-15(19)16(11)22)21-17-14(18(23)24)7-12(9-20-17)10-2-3-10/h4-10,18,23-24H,2-3H2,1H3,(H,20,21). The number of anilines is 2. The summed E-state index contributed by atoms with van der Waals surface area (Å²) < 4.78 is 3.02. The molecule has 3 aromatic rings. The van der Waals surface area contributed by atoms with Gasteiger partial charge >= 0.3 is 0 Å². The fourth-order valence-electron chi connectivity index (χ4n) is 3.04. The van der Waals surface area contributed by atoms with Crippen molar-refractivity contribution in [3.63, 3.8) is 0 Å². The number of nitrogens with zero attached hydrogens (tertiary/aromatic N) is 2. The first-order valence-corrected chi connectivity index (χ1v) is 8.70. The van der Waals surface area contributed by atoms with Gasteiger partial charge in [-0.25, -0.2) is 4.98 Å². The van der Waals surface area contributed by atoms with Crippen LogP contribution in [0, 0.1) is 0 Å². The van der Waals surface area contributed by atoms with E-state index in [9.17, 15) is 10.2 Å². The molecule has 0 saturated heterocycles. The van der Waals surface area contributed by atoms with Crippen molar-refractivity contribution < 1.29 is 10.2 Å². The van der Waals surface area contributed by atoms with Gasteiger partial charge in [-0.1, -0.05) is 0 Å². The number of aryl methyl sites for hydroxylation is 1. The van der Waals surface area contributed by atoms with Gasteiger partial charge in [-0.2, -0.15) is 0 Å². The maximum Gasteiger partial charge on any atom is 0.182 e. The lowest BCUT2D eigenvalue weighted by Crippen LogP contribution is -2.05. The van der Waals surface area contributed by atoms with Crippen molar-refractivity contribution in [1.82, 2.24) is 9.55 Å². The first kappa shape index (κ1) is 15.6. The van der Waals surface area contributed by atoms with Gasteiger partial charge in [0.25, 0.3) is 0 Å². The molecule has 124 valence electrons. The Morgan fingerprint density at radius 1 is 1.29 bits per heavy atom. The van der Waals surface area contributed by atoms with E-state index in [0.717, 1.165) is 39.5 Å². The van der Waals surface area contributed by atoms with Gasteiger partial charge in [0.15, 0.2) is 6.29 Å². The molecule has 1 fully saturated rings. The monoisotopic (exact) mass is 387 g/mol. The molecule has 4 rings (SSSR count). The number of aromatic nitrogens is 2. The Bertz CT molecular complexity index is 916. The van der Waals surface area contributed by atoms with Gasteiger partial charge in [0.05, 0.1) is 11.1 Å². The van der Waals surface area contributed by atoms with Gasteiger partial charge < -0.3 is 20.1 Å². The van der Waals surface area contributed by atoms with Crippen molar-refractivity contribution in [2.24, 2.45) is 7.05 Å². The third-order valence-corrected chi connectivity index (χ3v) is 5.06. The van der Waals surface area contributed by atoms with Crippen LogP contribution in [0.3, 0.4) is 0 Å². The van der Waals surface area contributed by atoms with Crippen LogP contribution in [0.1, 0.15) is 36.2 Å². The van der Waals surface area contributed by atoms with E-state index in [2.05, 4.69) is 30.8 Å². The number of rotatable bonds is 4. The minimum Gasteiger partial charge on any atom is -0.364 e. The van der Waals surface area contributed by atoms with Crippen LogP contribution in [0.5, 0.6) is 0 Å². The fraction of sp³-hybridized carbons (Fsp3) is 0.278. The Hall–Kier alpha value is -1.89. The zero-order valence-electron chi connectivity index (χ0n) is 13.2. The summed E-state index contributed by atoms with van der Waals surface area (Å²) in [5, 5.41) is 23.7. The molecule has 1 aromatic carbocycles. The molecule has 0 aliphatic heterocycles. The number of aliphatic hydroxyl groups excluding tert-OH is 1. The van der Waals surface area contributed by atoms with Crippen LogP contribution in [0.4, 0.5) is 11.5 Å². The van der Waals surface area contributed by atoms with Crippen LogP contribution in [0.2, 0.25) is 0 Å². The van der Waals surface area contributed by atoms with E-state index in [4.69, 9.17) is 0 Å². The summed E-state index contributed by atoms with van der Waals surface area (Å²) in [4.78, 5) is 4.42. The predicted molar refractivity (Wildman–Crippen MR) is 97.3 cm³/mol. The van der Waals surface area contributed by atoms with Gasteiger partial charge in [0.2, 0.25) is 0 Å². The van der Waals surface area contributed by atoms with Crippen molar-refractivity contribution in [2.45, 2.75) is 25.0 Å². The van der Waals surface area contributed by atoms with Crippen molar-refractivity contribution >= 4 is 38.3 Å². The topological polar surface area (TPSA) is 70.3 Å². The number of aliphatic hydroxyl groups is 2. The van der Waals surface area contributed by atoms with E-state index in [1.807, 2.05) is 43.7 Å². The highest BCUT2D eigenvalue weighted by Gasteiger charge is 2.25. The summed E-state index contributed by atoms with van der Waals surface area (Å²) in [6.07, 6.45) is 4.56. The zero-order valence-corrected chi connectivity index (χ0v) is 14.8. The summed E-state index contributed by atoms with van der Waals surface area (Å²) in [7, 11) is 2.00. The third kappa shape index (κ3) is 2.81. The first-order chi connectivity index (χ1) is 11.5. The number of benzene rings is 1. The average molecular weight is 388 g/mol. The highest BCUT2D eigenvalue weighted by Crippen LogP contribution is 2.41. The minimum absolute atomic E-state index is 0.406. The molecule has 1 saturated carbocycles. The second-order valence-corrected chi connectivity index (χ2v) is 7.16. The molecule has 24 heavy (non-hydrogen) atoms. The fourth-order valence-corrected chi connectivity index (χ4v) is 3.79. The van der Waals surface area contributed by atoms with Gasteiger partial charge in [-0.15, -0.1) is 0 Å². The van der Waals surface area contributed by atoms with E-state index in [1.165, 1.54) is 0 Å². The van der Waals surface area contributed by atoms with E-state index >= 15 is 0 Å². The van der Waals surface area contributed by atoms with Gasteiger partial charge in [-0.05, 0) is 64.5 Å². The quantitative estimate of drug-likeness (QED) is 0.593. The Morgan fingerprint density at radius 3 is 2.79 bits per heavy atom. The van der Waals surface area contributed by atoms with Crippen LogP contribution in [0.25, 0.3) is 10.9 Å². The number of fused-ring (bicyclic) bond motifs is 1. The van der Waals surface area contributed by atoms with E-state index in [1.54, 1.807) is 0 Å². The molecule has 0 amide bonds. The second kappa shape index (κ2) is 5.88. The summed E-state index contributed by atoms with van der Waals surface area (Å²) in [6.45, 7) is 0. The van der Waals surface area contributed by atoms with E-state index in [0.29, 0.717) is 17.3 Å². The Morgan fingerprint density at radius 2 is 2.08 bits per heavy atom. The SMILES string of the molecule is Cn1ccc2cc(Nc3ncc(C4CC4)cc3C(O)O)cc(Br)c21. The molecule has 0 radical (unpaired) electrons. The maximum absolute atomic E-state index is 9.70. The van der Waals surface area contributed by atoms with Gasteiger partial charge in [-0.3, -0.25) is 0 Å². The molecular weight excluding hydrogens is 370 g/mol. The number of halogens is 1. The maximum atomic E-state index is 9.70. The average Bonchev–Trinajstić information content (AvgIpc) is 3.31. The molecule has 2 heterocycles. The summed E-state index contributed by atoms with van der Waals surface area (Å²) >= 11 is 3.60. The molecule has 6 heteroatoms. The second-order valence-electron chi connectivity index (χ2n) is 6.30. The third-order valence-electron chi connectivity index (χ3n) is 4.45. The van der Waals surface area contributed by atoms with Gasteiger partial charge in [0.1, 0.15) is 5.82 Å². The Kier molecular flexibility index (Phi) is 3.83. The number of hydrogen-bond donors (Lipinski definition) is 3. The summed E-state index contributed by atoms with van der Waals surface area (Å²) in [6, 6.07) is 7.86. The molecule has 0 atom stereocenters. The van der Waals surface area contributed by atoms with Gasteiger partial charge in [0, 0.05) is 35.0 Å². The smallest absolute Gasteiger partial charge is 0.182 e. The van der Waals surface area contributed by atoms with Crippen LogP contribution in [-0.4, -0.2) is 19.8 Å². The molecular formula is C18H18BrN3O2.